The lowest BCUT2D eigenvalue weighted by Crippen LogP contribution is -2.26. The smallest absolute Gasteiger partial charge is 0.330 e. The molecule has 0 bridgehead atoms. The number of rotatable bonds is 26. The molecule has 252 valence electrons. The van der Waals surface area contributed by atoms with Gasteiger partial charge < -0.3 is 58.3 Å². The summed E-state index contributed by atoms with van der Waals surface area (Å²) in [5.41, 5.74) is 0. The average Bonchev–Trinajstić information content (AvgIpc) is 3.03. The highest BCUT2D eigenvalue weighted by Gasteiger charge is 2.10. The summed E-state index contributed by atoms with van der Waals surface area (Å²) in [5.74, 6) is -2.47. The molecule has 0 heterocycles. The topological polar surface area (TPSA) is 223 Å². The molecule has 4 atom stereocenters. The van der Waals surface area contributed by atoms with Gasteiger partial charge >= 0.3 is 23.9 Å². The fourth-order valence-corrected chi connectivity index (χ4v) is 2.25. The van der Waals surface area contributed by atoms with Crippen molar-refractivity contribution < 1.29 is 77.5 Å². The lowest BCUT2D eigenvalue weighted by molar-refractivity contribution is -0.143. The Hall–Kier alpha value is -3.48. The van der Waals surface area contributed by atoms with Gasteiger partial charge in [-0.2, -0.15) is 0 Å². The minimum absolute atomic E-state index is 0.0206. The molecular formula is C28H44O16. The van der Waals surface area contributed by atoms with Gasteiger partial charge in [0.2, 0.25) is 0 Å². The molecule has 0 aromatic heterocycles. The second kappa shape index (κ2) is 29.6. The molecule has 0 spiro atoms. The minimum Gasteiger partial charge on any atom is -0.460 e. The number of esters is 4. The van der Waals surface area contributed by atoms with E-state index in [0.29, 0.717) is 0 Å². The molecule has 0 rings (SSSR count). The molecule has 0 aliphatic carbocycles. The Labute approximate surface area is 256 Å². The van der Waals surface area contributed by atoms with E-state index in [4.69, 9.17) is 18.9 Å². The Bertz CT molecular complexity index is 710. The van der Waals surface area contributed by atoms with Crippen LogP contribution in [0.4, 0.5) is 0 Å². The molecule has 16 nitrogen and oxygen atoms in total. The number of hydrogen-bond acceptors (Lipinski definition) is 16. The molecule has 0 saturated carbocycles. The molecule has 0 aromatic rings. The van der Waals surface area contributed by atoms with Crippen LogP contribution in [0.2, 0.25) is 0 Å². The van der Waals surface area contributed by atoms with Gasteiger partial charge in [-0.15, -0.1) is 0 Å². The van der Waals surface area contributed by atoms with Gasteiger partial charge in [0, 0.05) is 24.3 Å². The van der Waals surface area contributed by atoms with Crippen LogP contribution in [0.1, 0.15) is 0 Å². The van der Waals surface area contributed by atoms with Gasteiger partial charge in [-0.25, -0.2) is 19.2 Å². The SMILES string of the molecule is C=CC(=O)OCC(O)COCCOCC(O)COC(=O)C=C.C=CC(=O)OCC(O)COCCOCC(O)COC(=O)C=C. The Morgan fingerprint density at radius 1 is 0.409 bits per heavy atom. The monoisotopic (exact) mass is 636 g/mol. The predicted octanol–water partition coefficient (Wildman–Crippen LogP) is -1.60. The highest BCUT2D eigenvalue weighted by Crippen LogP contribution is 1.94. The summed E-state index contributed by atoms with van der Waals surface area (Å²) in [7, 11) is 0. The second-order valence-corrected chi connectivity index (χ2v) is 8.25. The van der Waals surface area contributed by atoms with E-state index >= 15 is 0 Å². The summed E-state index contributed by atoms with van der Waals surface area (Å²) in [6, 6.07) is 0. The zero-order chi connectivity index (χ0) is 33.6. The number of aliphatic hydroxyl groups is 4. The third-order valence-electron chi connectivity index (χ3n) is 4.32. The van der Waals surface area contributed by atoms with Crippen molar-refractivity contribution in [3.63, 3.8) is 0 Å². The minimum atomic E-state index is -0.937. The summed E-state index contributed by atoms with van der Waals surface area (Å²) in [4.78, 5) is 42.9. The molecule has 44 heavy (non-hydrogen) atoms. The van der Waals surface area contributed by atoms with E-state index in [1.165, 1.54) is 0 Å². The number of aliphatic hydroxyl groups excluding tert-OH is 4. The highest BCUT2D eigenvalue weighted by molar-refractivity contribution is 5.82. The first-order valence-electron chi connectivity index (χ1n) is 13.2. The fraction of sp³-hybridized carbons (Fsp3) is 0.571. The van der Waals surface area contributed by atoms with E-state index in [2.05, 4.69) is 45.3 Å². The fourth-order valence-electron chi connectivity index (χ4n) is 2.25. The maximum absolute atomic E-state index is 10.7. The van der Waals surface area contributed by atoms with Crippen molar-refractivity contribution in [3.05, 3.63) is 50.6 Å². The van der Waals surface area contributed by atoms with Crippen LogP contribution in [0, 0.1) is 0 Å². The van der Waals surface area contributed by atoms with Crippen molar-refractivity contribution in [2.45, 2.75) is 24.4 Å². The number of ether oxygens (including phenoxy) is 8. The van der Waals surface area contributed by atoms with Gasteiger partial charge in [0.1, 0.15) is 50.8 Å². The van der Waals surface area contributed by atoms with Gasteiger partial charge in [0.05, 0.1) is 52.9 Å². The molecule has 0 aliphatic heterocycles. The Morgan fingerprint density at radius 2 is 0.591 bits per heavy atom. The Morgan fingerprint density at radius 3 is 0.750 bits per heavy atom. The number of carbonyl (C=O) groups is 4. The van der Waals surface area contributed by atoms with E-state index in [0.717, 1.165) is 24.3 Å². The Kier molecular flexibility index (Phi) is 28.7. The van der Waals surface area contributed by atoms with Crippen LogP contribution in [0.5, 0.6) is 0 Å². The predicted molar refractivity (Wildman–Crippen MR) is 152 cm³/mol. The zero-order valence-electron chi connectivity index (χ0n) is 24.6. The lowest BCUT2D eigenvalue weighted by Gasteiger charge is -2.13. The van der Waals surface area contributed by atoms with E-state index in [1.807, 2.05) is 0 Å². The quantitative estimate of drug-likeness (QED) is 0.0363. The van der Waals surface area contributed by atoms with Crippen molar-refractivity contribution in [3.8, 4) is 0 Å². The van der Waals surface area contributed by atoms with Gasteiger partial charge in [-0.05, 0) is 0 Å². The second-order valence-electron chi connectivity index (χ2n) is 8.25. The zero-order valence-corrected chi connectivity index (χ0v) is 24.6. The van der Waals surface area contributed by atoms with Crippen LogP contribution in [0.15, 0.2) is 50.6 Å². The molecule has 4 unspecified atom stereocenters. The normalized spacial score (nSPS) is 13.0. The van der Waals surface area contributed by atoms with Crippen LogP contribution in [-0.2, 0) is 57.1 Å². The molecule has 16 heteroatoms. The average molecular weight is 637 g/mol. The summed E-state index contributed by atoms with van der Waals surface area (Å²) >= 11 is 0. The van der Waals surface area contributed by atoms with Crippen LogP contribution < -0.4 is 0 Å². The van der Waals surface area contributed by atoms with Crippen molar-refractivity contribution in [1.82, 2.24) is 0 Å². The standard InChI is InChI=1S/2C14H22O8/c2*1-3-13(17)21-9-11(15)7-19-5-6-20-8-12(16)10-22-14(18)4-2/h2*3-4,11-12,15-16H,1-2,5-10H2. The van der Waals surface area contributed by atoms with E-state index < -0.39 is 48.3 Å². The lowest BCUT2D eigenvalue weighted by atomic mass is 10.4. The first-order chi connectivity index (χ1) is 21.0. The van der Waals surface area contributed by atoms with Gasteiger partial charge in [0.15, 0.2) is 0 Å². The van der Waals surface area contributed by atoms with Crippen LogP contribution in [0.3, 0.4) is 0 Å². The Balaban J connectivity index is 0. The van der Waals surface area contributed by atoms with Crippen molar-refractivity contribution in [2.75, 3.05) is 79.3 Å². The maximum atomic E-state index is 10.7. The molecule has 0 aromatic carbocycles. The first kappa shape index (κ1) is 42.7. The maximum Gasteiger partial charge on any atom is 0.330 e. The van der Waals surface area contributed by atoms with E-state index in [9.17, 15) is 39.6 Å². The summed E-state index contributed by atoms with van der Waals surface area (Å²) in [6.07, 6.45) is 0.247. The van der Waals surface area contributed by atoms with Crippen molar-refractivity contribution >= 4 is 23.9 Å². The molecule has 0 fully saturated rings. The molecular weight excluding hydrogens is 592 g/mol. The van der Waals surface area contributed by atoms with Crippen LogP contribution in [0.25, 0.3) is 0 Å². The third-order valence-corrected chi connectivity index (χ3v) is 4.32. The van der Waals surface area contributed by atoms with Crippen molar-refractivity contribution in [2.24, 2.45) is 0 Å². The molecule has 0 saturated heterocycles. The highest BCUT2D eigenvalue weighted by atomic mass is 16.6. The first-order valence-corrected chi connectivity index (χ1v) is 13.2. The molecule has 4 N–H and O–H groups in total. The third kappa shape index (κ3) is 30.0. The van der Waals surface area contributed by atoms with Crippen molar-refractivity contribution in [1.29, 1.82) is 0 Å². The largest absolute Gasteiger partial charge is 0.460 e. The van der Waals surface area contributed by atoms with Crippen LogP contribution >= 0.6 is 0 Å². The summed E-state index contributed by atoms with van der Waals surface area (Å²) < 4.78 is 38.8. The molecule has 0 amide bonds. The number of carbonyl (C=O) groups excluding carboxylic acids is 4. The molecule has 0 aliphatic rings. The summed E-state index contributed by atoms with van der Waals surface area (Å²) in [5, 5.41) is 37.6. The molecule has 0 radical (unpaired) electrons. The van der Waals surface area contributed by atoms with Crippen LogP contribution in [-0.4, -0.2) is 148 Å². The van der Waals surface area contributed by atoms with Gasteiger partial charge in [-0.3, -0.25) is 0 Å². The van der Waals surface area contributed by atoms with Gasteiger partial charge in [-0.1, -0.05) is 26.3 Å². The van der Waals surface area contributed by atoms with E-state index in [-0.39, 0.29) is 79.3 Å². The summed E-state index contributed by atoms with van der Waals surface area (Å²) in [6.45, 7) is 12.8. The number of hydrogen-bond donors (Lipinski definition) is 4. The van der Waals surface area contributed by atoms with E-state index in [1.54, 1.807) is 0 Å². The van der Waals surface area contributed by atoms with Gasteiger partial charge in [0.25, 0.3) is 0 Å².